The number of fused-ring (bicyclic) bond motifs is 5. The molecule has 1 radical (unpaired) electrons. The molecule has 5 rings (SSSR count). The van der Waals surface area contributed by atoms with Crippen LogP contribution in [0.4, 0.5) is 0 Å². The van der Waals surface area contributed by atoms with Gasteiger partial charge in [-0.25, -0.2) is 0 Å². The van der Waals surface area contributed by atoms with Crippen LogP contribution in [0.3, 0.4) is 0 Å². The van der Waals surface area contributed by atoms with Gasteiger partial charge in [-0.1, -0.05) is 64.1 Å². The second-order valence-corrected chi connectivity index (χ2v) is 9.85. The molecule has 0 aliphatic rings. The molecule has 0 bridgehead atoms. The van der Waals surface area contributed by atoms with Gasteiger partial charge < -0.3 is 9.52 Å². The molecule has 5 aromatic rings. The van der Waals surface area contributed by atoms with Crippen LogP contribution in [-0.2, 0) is 24.9 Å². The number of aromatic nitrogens is 1. The minimum Gasteiger partial charge on any atom is -0.512 e. The standard InChI is InChI=1S/C21H12NO.C11H20O2.Ir/c1-2-8-14(9-3-1)20-21-19(15-10-4-6-12-17(15)22-20)16-11-5-7-13-18(16)23-21;1-8(2)5-10(12)7-11(13)6-9(3)4;/h1-8,10-13H;7-9,12H,5-6H2,1-4H3;/q-1;;/b;10-7-;. The van der Waals surface area contributed by atoms with E-state index >= 15 is 0 Å². The summed E-state index contributed by atoms with van der Waals surface area (Å²) in [4.78, 5) is 16.1. The molecular formula is C32H32IrNO3-. The third kappa shape index (κ3) is 6.94. The van der Waals surface area contributed by atoms with Crippen molar-refractivity contribution in [3.63, 3.8) is 0 Å². The molecule has 0 spiro atoms. The maximum atomic E-state index is 11.2. The van der Waals surface area contributed by atoms with Crippen LogP contribution in [0.1, 0.15) is 40.5 Å². The zero-order valence-corrected chi connectivity index (χ0v) is 24.0. The molecule has 2 aromatic heterocycles. The largest absolute Gasteiger partial charge is 0.512 e. The van der Waals surface area contributed by atoms with E-state index in [2.05, 4.69) is 18.2 Å². The molecule has 37 heavy (non-hydrogen) atoms. The number of pyridine rings is 1. The van der Waals surface area contributed by atoms with E-state index in [1.165, 1.54) is 6.08 Å². The van der Waals surface area contributed by atoms with Gasteiger partial charge in [-0.15, -0.1) is 35.9 Å². The number of aliphatic hydroxyl groups is 1. The molecule has 2 heterocycles. The van der Waals surface area contributed by atoms with Crippen molar-refractivity contribution in [3.05, 3.63) is 90.7 Å². The van der Waals surface area contributed by atoms with Gasteiger partial charge in [-0.2, -0.15) is 0 Å². The SMILES string of the molecule is CC(C)CC(=O)/C=C(\O)CC(C)C.[Ir].[c-]1ccccc1-c1nc2ccccc2c2c1oc1ccccc12. The van der Waals surface area contributed by atoms with Crippen LogP contribution >= 0.6 is 0 Å². The number of rotatable bonds is 6. The number of hydrogen-bond donors (Lipinski definition) is 1. The Kier molecular flexibility index (Phi) is 9.79. The van der Waals surface area contributed by atoms with Gasteiger partial charge in [-0.05, 0) is 24.0 Å². The number of furan rings is 1. The monoisotopic (exact) mass is 671 g/mol. The average molecular weight is 671 g/mol. The minimum absolute atomic E-state index is 0. The first-order chi connectivity index (χ1) is 17.3. The number of nitrogens with zero attached hydrogens (tertiary/aromatic N) is 1. The Labute approximate surface area is 231 Å². The van der Waals surface area contributed by atoms with Gasteiger partial charge in [0.25, 0.3) is 0 Å². The Hall–Kier alpha value is -3.27. The third-order valence-corrected chi connectivity index (χ3v) is 5.73. The number of benzene rings is 3. The summed E-state index contributed by atoms with van der Waals surface area (Å²) in [5.41, 5.74) is 4.47. The van der Waals surface area contributed by atoms with Crippen molar-refractivity contribution in [1.29, 1.82) is 0 Å². The van der Waals surface area contributed by atoms with Gasteiger partial charge >= 0.3 is 0 Å². The summed E-state index contributed by atoms with van der Waals surface area (Å²) in [7, 11) is 0. The van der Waals surface area contributed by atoms with E-state index in [1.54, 1.807) is 0 Å². The van der Waals surface area contributed by atoms with Crippen LogP contribution in [0.5, 0.6) is 0 Å². The fourth-order valence-electron chi connectivity index (χ4n) is 4.28. The van der Waals surface area contributed by atoms with Crippen molar-refractivity contribution in [2.75, 3.05) is 0 Å². The Morgan fingerprint density at radius 1 is 0.919 bits per heavy atom. The molecule has 3 aromatic carbocycles. The van der Waals surface area contributed by atoms with E-state index in [4.69, 9.17) is 9.40 Å². The van der Waals surface area contributed by atoms with Crippen LogP contribution in [0.2, 0.25) is 0 Å². The van der Waals surface area contributed by atoms with E-state index in [0.29, 0.717) is 24.7 Å². The smallest absolute Gasteiger partial charge is 0.159 e. The fourth-order valence-corrected chi connectivity index (χ4v) is 4.28. The number of allylic oxidation sites excluding steroid dienone is 2. The Balaban J connectivity index is 0.000000237. The van der Waals surface area contributed by atoms with Crippen molar-refractivity contribution >= 4 is 38.6 Å². The molecular weight excluding hydrogens is 639 g/mol. The maximum Gasteiger partial charge on any atom is 0.159 e. The van der Waals surface area contributed by atoms with Crippen LogP contribution in [0.25, 0.3) is 44.1 Å². The summed E-state index contributed by atoms with van der Waals surface area (Å²) < 4.78 is 6.16. The number of aliphatic hydroxyl groups excluding tert-OH is 1. The molecule has 0 aliphatic carbocycles. The summed E-state index contributed by atoms with van der Waals surface area (Å²) in [5, 5.41) is 12.7. The summed E-state index contributed by atoms with van der Waals surface area (Å²) in [6.45, 7) is 8.00. The summed E-state index contributed by atoms with van der Waals surface area (Å²) in [5.74, 6) is 0.979. The number of para-hydroxylation sites is 2. The zero-order chi connectivity index (χ0) is 25.7. The van der Waals surface area contributed by atoms with Crippen LogP contribution < -0.4 is 0 Å². The minimum atomic E-state index is 0. The van der Waals surface area contributed by atoms with Crippen molar-refractivity contribution in [3.8, 4) is 11.3 Å². The molecule has 1 N–H and O–H groups in total. The van der Waals surface area contributed by atoms with Crippen molar-refractivity contribution in [1.82, 2.24) is 4.98 Å². The van der Waals surface area contributed by atoms with Gasteiger partial charge in [0, 0.05) is 60.9 Å². The molecule has 0 aliphatic heterocycles. The van der Waals surface area contributed by atoms with Crippen LogP contribution in [0.15, 0.2) is 89.0 Å². The van der Waals surface area contributed by atoms with Gasteiger partial charge in [0.1, 0.15) is 11.2 Å². The van der Waals surface area contributed by atoms with Gasteiger partial charge in [0.15, 0.2) is 5.78 Å². The predicted molar refractivity (Wildman–Crippen MR) is 148 cm³/mol. The van der Waals surface area contributed by atoms with E-state index in [0.717, 1.165) is 44.1 Å². The van der Waals surface area contributed by atoms with Gasteiger partial charge in [0.2, 0.25) is 0 Å². The predicted octanol–water partition coefficient (Wildman–Crippen LogP) is 8.69. The number of carbonyl (C=O) groups is 1. The van der Waals surface area contributed by atoms with E-state index < -0.39 is 0 Å². The Morgan fingerprint density at radius 3 is 2.24 bits per heavy atom. The molecule has 0 amide bonds. The molecule has 193 valence electrons. The van der Waals surface area contributed by atoms with Crippen LogP contribution in [0, 0.1) is 17.9 Å². The first-order valence-electron chi connectivity index (χ1n) is 12.4. The normalized spacial score (nSPS) is 11.6. The Bertz CT molecular complexity index is 1520. The topological polar surface area (TPSA) is 63.3 Å². The zero-order valence-electron chi connectivity index (χ0n) is 21.6. The second-order valence-electron chi connectivity index (χ2n) is 9.85. The first kappa shape index (κ1) is 28.3. The number of ketones is 1. The summed E-state index contributed by atoms with van der Waals surface area (Å²) >= 11 is 0. The van der Waals surface area contributed by atoms with Gasteiger partial charge in [0.05, 0.1) is 11.3 Å². The van der Waals surface area contributed by atoms with E-state index in [9.17, 15) is 9.90 Å². The van der Waals surface area contributed by atoms with Crippen molar-refractivity contribution in [2.24, 2.45) is 11.8 Å². The maximum absolute atomic E-state index is 11.2. The van der Waals surface area contributed by atoms with Crippen molar-refractivity contribution < 1.29 is 34.4 Å². The third-order valence-electron chi connectivity index (χ3n) is 5.73. The molecule has 4 nitrogen and oxygen atoms in total. The van der Waals surface area contributed by atoms with E-state index in [1.807, 2.05) is 88.4 Å². The Morgan fingerprint density at radius 2 is 1.57 bits per heavy atom. The molecule has 0 saturated carbocycles. The average Bonchev–Trinajstić information content (AvgIpc) is 3.23. The molecule has 0 unspecified atom stereocenters. The first-order valence-corrected chi connectivity index (χ1v) is 12.4. The molecule has 5 heteroatoms. The molecule has 0 atom stereocenters. The van der Waals surface area contributed by atoms with Crippen LogP contribution in [-0.4, -0.2) is 15.9 Å². The molecule has 0 saturated heterocycles. The second kappa shape index (κ2) is 12.8. The van der Waals surface area contributed by atoms with E-state index in [-0.39, 0.29) is 31.6 Å². The van der Waals surface area contributed by atoms with Crippen molar-refractivity contribution in [2.45, 2.75) is 40.5 Å². The van der Waals surface area contributed by atoms with Gasteiger partial charge in [-0.3, -0.25) is 9.78 Å². The number of carbonyl (C=O) groups excluding carboxylic acids is 1. The molecule has 0 fully saturated rings. The number of hydrogen-bond acceptors (Lipinski definition) is 4. The fraction of sp³-hybridized carbons (Fsp3) is 0.250. The summed E-state index contributed by atoms with van der Waals surface area (Å²) in [6.07, 6.45) is 2.46. The quantitative estimate of drug-likeness (QED) is 0.112. The summed E-state index contributed by atoms with van der Waals surface area (Å²) in [6, 6.07) is 27.5.